The van der Waals surface area contributed by atoms with Crippen molar-refractivity contribution in [3.63, 3.8) is 0 Å². The topological polar surface area (TPSA) is 29.3 Å². The van der Waals surface area contributed by atoms with Gasteiger partial charge in [-0.3, -0.25) is 0 Å². The zero-order chi connectivity index (χ0) is 12.5. The van der Waals surface area contributed by atoms with E-state index in [2.05, 4.69) is 48.1 Å². The lowest BCUT2D eigenvalue weighted by Gasteiger charge is -2.19. The number of nitrogens with zero attached hydrogens (tertiary/aromatic N) is 2. The minimum Gasteiger partial charge on any atom is -0.313 e. The molecular formula is C15H21N3. The Morgan fingerprint density at radius 2 is 2.33 bits per heavy atom. The first-order chi connectivity index (χ1) is 8.74. The van der Waals surface area contributed by atoms with Crippen molar-refractivity contribution in [3.8, 4) is 0 Å². The molecule has 0 radical (unpaired) electrons. The van der Waals surface area contributed by atoms with E-state index < -0.39 is 0 Å². The Labute approximate surface area is 108 Å². The van der Waals surface area contributed by atoms with Crippen LogP contribution in [0.4, 0.5) is 0 Å². The molecule has 2 unspecified atom stereocenters. The zero-order valence-corrected chi connectivity index (χ0v) is 11.1. The Morgan fingerprint density at radius 3 is 3.11 bits per heavy atom. The standard InChI is InChI=1S/C15H21N3/c1-11(2)9-13-12(6-7-16-13)14-10-18-8-4-3-5-15(18)17-14/h3-5,8,10-13,16H,6-7,9H2,1-2H3. The van der Waals surface area contributed by atoms with E-state index in [-0.39, 0.29) is 0 Å². The maximum Gasteiger partial charge on any atom is 0.136 e. The summed E-state index contributed by atoms with van der Waals surface area (Å²) in [5.74, 6) is 1.31. The smallest absolute Gasteiger partial charge is 0.136 e. The summed E-state index contributed by atoms with van der Waals surface area (Å²) >= 11 is 0. The molecule has 2 aromatic heterocycles. The summed E-state index contributed by atoms with van der Waals surface area (Å²) in [6.45, 7) is 5.71. The maximum atomic E-state index is 4.78. The highest BCUT2D eigenvalue weighted by molar-refractivity contribution is 5.40. The van der Waals surface area contributed by atoms with Crippen molar-refractivity contribution in [2.24, 2.45) is 5.92 Å². The van der Waals surface area contributed by atoms with Crippen LogP contribution in [-0.2, 0) is 0 Å². The first kappa shape index (κ1) is 11.7. The highest BCUT2D eigenvalue weighted by atomic mass is 15.0. The van der Waals surface area contributed by atoms with E-state index in [0.717, 1.165) is 18.1 Å². The predicted octanol–water partition coefficient (Wildman–Crippen LogP) is 2.83. The normalized spacial score (nSPS) is 24.2. The molecule has 2 atom stereocenters. The molecule has 96 valence electrons. The average Bonchev–Trinajstić information content (AvgIpc) is 2.93. The first-order valence-electron chi connectivity index (χ1n) is 6.91. The molecule has 3 rings (SSSR count). The van der Waals surface area contributed by atoms with Gasteiger partial charge in [0.15, 0.2) is 0 Å². The Hall–Kier alpha value is -1.35. The minimum absolute atomic E-state index is 0.576. The van der Waals surface area contributed by atoms with E-state index in [1.807, 2.05) is 6.07 Å². The van der Waals surface area contributed by atoms with Crippen LogP contribution >= 0.6 is 0 Å². The monoisotopic (exact) mass is 243 g/mol. The SMILES string of the molecule is CC(C)CC1NCCC1c1cn2ccccc2n1. The number of nitrogens with one attached hydrogen (secondary N) is 1. The molecule has 18 heavy (non-hydrogen) atoms. The summed E-state index contributed by atoms with van der Waals surface area (Å²) < 4.78 is 2.13. The van der Waals surface area contributed by atoms with Crippen LogP contribution in [0, 0.1) is 5.92 Å². The Balaban J connectivity index is 1.88. The Bertz CT molecular complexity index is 496. The average molecular weight is 243 g/mol. The van der Waals surface area contributed by atoms with Gasteiger partial charge in [0.2, 0.25) is 0 Å². The number of hydrogen-bond donors (Lipinski definition) is 1. The van der Waals surface area contributed by atoms with Crippen molar-refractivity contribution in [1.29, 1.82) is 0 Å². The lowest BCUT2D eigenvalue weighted by atomic mass is 9.91. The van der Waals surface area contributed by atoms with E-state index in [4.69, 9.17) is 4.98 Å². The Kier molecular flexibility index (Phi) is 3.08. The third-order valence-electron chi connectivity index (χ3n) is 3.84. The van der Waals surface area contributed by atoms with Gasteiger partial charge in [-0.15, -0.1) is 0 Å². The highest BCUT2D eigenvalue weighted by Gasteiger charge is 2.30. The summed E-state index contributed by atoms with van der Waals surface area (Å²) in [7, 11) is 0. The molecule has 0 saturated carbocycles. The van der Waals surface area contributed by atoms with E-state index in [0.29, 0.717) is 12.0 Å². The van der Waals surface area contributed by atoms with Gasteiger partial charge in [-0.25, -0.2) is 4.98 Å². The summed E-state index contributed by atoms with van der Waals surface area (Å²) in [5, 5.41) is 3.63. The molecule has 1 aliphatic rings. The van der Waals surface area contributed by atoms with Gasteiger partial charge in [0.05, 0.1) is 5.69 Å². The number of aromatic nitrogens is 2. The molecule has 1 saturated heterocycles. The number of pyridine rings is 1. The molecule has 3 heteroatoms. The fourth-order valence-corrected chi connectivity index (χ4v) is 3.01. The van der Waals surface area contributed by atoms with Gasteiger partial charge in [-0.1, -0.05) is 19.9 Å². The second kappa shape index (κ2) is 4.73. The zero-order valence-electron chi connectivity index (χ0n) is 11.1. The minimum atomic E-state index is 0.576. The second-order valence-electron chi connectivity index (χ2n) is 5.72. The predicted molar refractivity (Wildman–Crippen MR) is 73.8 cm³/mol. The summed E-state index contributed by atoms with van der Waals surface area (Å²) in [6, 6.07) is 6.76. The van der Waals surface area contributed by atoms with Crippen molar-refractivity contribution < 1.29 is 0 Å². The molecule has 0 amide bonds. The van der Waals surface area contributed by atoms with Crippen molar-refractivity contribution in [2.75, 3.05) is 6.54 Å². The van der Waals surface area contributed by atoms with Crippen LogP contribution in [0.2, 0.25) is 0 Å². The summed E-state index contributed by atoms with van der Waals surface area (Å²) in [6.07, 6.45) is 6.71. The quantitative estimate of drug-likeness (QED) is 0.898. The molecule has 2 aromatic rings. The summed E-state index contributed by atoms with van der Waals surface area (Å²) in [4.78, 5) is 4.78. The lowest BCUT2D eigenvalue weighted by Crippen LogP contribution is -2.27. The van der Waals surface area contributed by atoms with Crippen LogP contribution in [0.3, 0.4) is 0 Å². The number of hydrogen-bond acceptors (Lipinski definition) is 2. The van der Waals surface area contributed by atoms with Gasteiger partial charge in [-0.2, -0.15) is 0 Å². The van der Waals surface area contributed by atoms with Crippen LogP contribution in [0.5, 0.6) is 0 Å². The van der Waals surface area contributed by atoms with E-state index in [1.54, 1.807) is 0 Å². The molecule has 0 spiro atoms. The van der Waals surface area contributed by atoms with Gasteiger partial charge in [-0.05, 0) is 37.4 Å². The third-order valence-corrected chi connectivity index (χ3v) is 3.84. The Morgan fingerprint density at radius 1 is 1.44 bits per heavy atom. The van der Waals surface area contributed by atoms with E-state index >= 15 is 0 Å². The van der Waals surface area contributed by atoms with Crippen LogP contribution in [0.1, 0.15) is 38.3 Å². The molecule has 0 bridgehead atoms. The van der Waals surface area contributed by atoms with Gasteiger partial charge in [0, 0.05) is 24.4 Å². The van der Waals surface area contributed by atoms with Gasteiger partial charge < -0.3 is 9.72 Å². The van der Waals surface area contributed by atoms with Crippen LogP contribution < -0.4 is 5.32 Å². The largest absolute Gasteiger partial charge is 0.313 e. The van der Waals surface area contributed by atoms with E-state index in [9.17, 15) is 0 Å². The lowest BCUT2D eigenvalue weighted by molar-refractivity contribution is 0.430. The second-order valence-corrected chi connectivity index (χ2v) is 5.72. The van der Waals surface area contributed by atoms with Crippen molar-refractivity contribution in [3.05, 3.63) is 36.3 Å². The van der Waals surface area contributed by atoms with Gasteiger partial charge >= 0.3 is 0 Å². The molecule has 1 aliphatic heterocycles. The van der Waals surface area contributed by atoms with Gasteiger partial charge in [0.25, 0.3) is 0 Å². The van der Waals surface area contributed by atoms with Crippen molar-refractivity contribution in [2.45, 2.75) is 38.6 Å². The fourth-order valence-electron chi connectivity index (χ4n) is 3.01. The number of fused-ring (bicyclic) bond motifs is 1. The molecule has 0 aromatic carbocycles. The number of imidazole rings is 1. The molecule has 1 fully saturated rings. The third kappa shape index (κ3) is 2.15. The summed E-state index contributed by atoms with van der Waals surface area (Å²) in [5.41, 5.74) is 2.31. The van der Waals surface area contributed by atoms with E-state index in [1.165, 1.54) is 18.5 Å². The molecule has 3 nitrogen and oxygen atoms in total. The first-order valence-corrected chi connectivity index (χ1v) is 6.91. The fraction of sp³-hybridized carbons (Fsp3) is 0.533. The maximum absolute atomic E-state index is 4.78. The molecule has 0 aliphatic carbocycles. The van der Waals surface area contributed by atoms with Crippen LogP contribution in [0.15, 0.2) is 30.6 Å². The highest BCUT2D eigenvalue weighted by Crippen LogP contribution is 2.30. The molecule has 1 N–H and O–H groups in total. The van der Waals surface area contributed by atoms with Crippen molar-refractivity contribution in [1.82, 2.24) is 14.7 Å². The molecule has 3 heterocycles. The molecular weight excluding hydrogens is 222 g/mol. The van der Waals surface area contributed by atoms with Gasteiger partial charge in [0.1, 0.15) is 5.65 Å². The number of rotatable bonds is 3. The van der Waals surface area contributed by atoms with Crippen molar-refractivity contribution >= 4 is 5.65 Å². The van der Waals surface area contributed by atoms with Crippen LogP contribution in [-0.4, -0.2) is 22.0 Å². The van der Waals surface area contributed by atoms with Crippen LogP contribution in [0.25, 0.3) is 5.65 Å².